The highest BCUT2D eigenvalue weighted by molar-refractivity contribution is 5.67. The van der Waals surface area contributed by atoms with Crippen LogP contribution in [0.2, 0.25) is 0 Å². The Hall–Kier alpha value is -1.63. The molecule has 0 radical (unpaired) electrons. The van der Waals surface area contributed by atoms with Crippen LogP contribution in [-0.4, -0.2) is 49.5 Å². The number of carbonyl (C=O) groups excluding carboxylic acids is 1. The predicted molar refractivity (Wildman–Crippen MR) is 92.1 cm³/mol. The van der Waals surface area contributed by atoms with Gasteiger partial charge in [-0.1, -0.05) is 30.3 Å². The Balaban J connectivity index is 1.72. The van der Waals surface area contributed by atoms with Crippen molar-refractivity contribution in [2.45, 2.75) is 56.6 Å². The largest absolute Gasteiger partial charge is 0.450 e. The smallest absolute Gasteiger partial charge is 0.407 e. The molecule has 1 saturated heterocycles. The molecule has 6 atom stereocenters. The molecule has 1 aromatic carbocycles. The van der Waals surface area contributed by atoms with Gasteiger partial charge >= 0.3 is 6.09 Å². The second-order valence-corrected chi connectivity index (χ2v) is 6.74. The third-order valence-electron chi connectivity index (χ3n) is 5.31. The fourth-order valence-electron chi connectivity index (χ4n) is 4.08. The number of amides is 1. The summed E-state index contributed by atoms with van der Waals surface area (Å²) in [4.78, 5) is 11.8. The molecule has 1 aliphatic carbocycles. The number of alkyl carbamates (subject to hydrolysis) is 1. The first kappa shape index (κ1) is 18.2. The topological polar surface area (TPSA) is 77.0 Å². The number of ether oxygens (including phenoxy) is 3. The summed E-state index contributed by atoms with van der Waals surface area (Å²) in [5.74, 6) is 0.348. The van der Waals surface area contributed by atoms with E-state index >= 15 is 0 Å². The van der Waals surface area contributed by atoms with E-state index in [1.807, 2.05) is 18.2 Å². The molecule has 3 rings (SSSR count). The third-order valence-corrected chi connectivity index (χ3v) is 5.31. The minimum atomic E-state index is -0.736. The maximum atomic E-state index is 11.8. The Labute approximate surface area is 148 Å². The normalized spacial score (nSPS) is 34.8. The highest BCUT2D eigenvalue weighted by Crippen LogP contribution is 2.43. The number of hydrogen-bond acceptors (Lipinski definition) is 5. The molecule has 1 aliphatic heterocycles. The number of carbonyl (C=O) groups is 1. The van der Waals surface area contributed by atoms with Gasteiger partial charge in [0.25, 0.3) is 0 Å². The number of rotatable bonds is 4. The first-order valence-corrected chi connectivity index (χ1v) is 8.98. The summed E-state index contributed by atoms with van der Waals surface area (Å²) >= 11 is 0. The molecule has 0 unspecified atom stereocenters. The summed E-state index contributed by atoms with van der Waals surface area (Å²) in [6, 6.07) is 9.72. The van der Waals surface area contributed by atoms with Gasteiger partial charge in [-0.05, 0) is 37.7 Å². The Bertz CT molecular complexity index is 566. The number of benzene rings is 1. The first-order valence-electron chi connectivity index (χ1n) is 8.98. The van der Waals surface area contributed by atoms with Crippen molar-refractivity contribution in [3.8, 4) is 0 Å². The zero-order valence-electron chi connectivity index (χ0n) is 14.8. The van der Waals surface area contributed by atoms with Crippen LogP contribution in [0.15, 0.2) is 30.3 Å². The number of aliphatic hydroxyl groups excluding tert-OH is 1. The van der Waals surface area contributed by atoms with Crippen molar-refractivity contribution >= 4 is 6.09 Å². The molecule has 1 heterocycles. The van der Waals surface area contributed by atoms with E-state index in [-0.39, 0.29) is 18.6 Å². The van der Waals surface area contributed by atoms with E-state index in [0.29, 0.717) is 5.92 Å². The van der Waals surface area contributed by atoms with Crippen LogP contribution in [0.1, 0.15) is 37.7 Å². The summed E-state index contributed by atoms with van der Waals surface area (Å²) in [6.45, 7) is 2.01. The van der Waals surface area contributed by atoms with Gasteiger partial charge in [-0.3, -0.25) is 0 Å². The quantitative estimate of drug-likeness (QED) is 0.873. The lowest BCUT2D eigenvalue weighted by molar-refractivity contribution is -0.249. The number of aliphatic hydroxyl groups is 1. The molecule has 2 aliphatic rings. The van der Waals surface area contributed by atoms with Crippen LogP contribution in [0.25, 0.3) is 0 Å². The van der Waals surface area contributed by atoms with E-state index in [4.69, 9.17) is 14.2 Å². The molecular weight excluding hydrogens is 322 g/mol. The molecule has 2 N–H and O–H groups in total. The second kappa shape index (κ2) is 8.17. The van der Waals surface area contributed by atoms with Crippen LogP contribution >= 0.6 is 0 Å². The average molecular weight is 349 g/mol. The fourth-order valence-corrected chi connectivity index (χ4v) is 4.08. The van der Waals surface area contributed by atoms with E-state index in [0.717, 1.165) is 19.3 Å². The van der Waals surface area contributed by atoms with Gasteiger partial charge in [0.2, 0.25) is 0 Å². The zero-order valence-corrected chi connectivity index (χ0v) is 14.8. The monoisotopic (exact) mass is 349 g/mol. The van der Waals surface area contributed by atoms with Crippen molar-refractivity contribution in [2.75, 3.05) is 13.7 Å². The van der Waals surface area contributed by atoms with E-state index in [2.05, 4.69) is 17.4 Å². The molecule has 1 aromatic rings. The number of hydrogen-bond donors (Lipinski definition) is 2. The van der Waals surface area contributed by atoms with Crippen molar-refractivity contribution in [1.29, 1.82) is 0 Å². The lowest BCUT2D eigenvalue weighted by atomic mass is 9.71. The highest BCUT2D eigenvalue weighted by atomic mass is 16.7. The van der Waals surface area contributed by atoms with E-state index < -0.39 is 24.5 Å². The minimum absolute atomic E-state index is 0.0442. The molecule has 0 bridgehead atoms. The SMILES string of the molecule is CCOC(=O)N[C@H]1[C@@H](OC)O[C@H]2CC[C@@H](c3ccccc3)C[C@H]2[C@@H]1O. The molecular formula is C19H27NO5. The van der Waals surface area contributed by atoms with Crippen LogP contribution < -0.4 is 5.32 Å². The van der Waals surface area contributed by atoms with Crippen LogP contribution in [0.3, 0.4) is 0 Å². The van der Waals surface area contributed by atoms with E-state index in [1.54, 1.807) is 6.92 Å². The summed E-state index contributed by atoms with van der Waals surface area (Å²) in [6.07, 6.45) is 0.685. The lowest BCUT2D eigenvalue weighted by Crippen LogP contribution is -2.62. The summed E-state index contributed by atoms with van der Waals surface area (Å²) in [5.41, 5.74) is 1.29. The maximum absolute atomic E-state index is 11.8. The molecule has 25 heavy (non-hydrogen) atoms. The van der Waals surface area contributed by atoms with Crippen LogP contribution in [0.5, 0.6) is 0 Å². The number of nitrogens with one attached hydrogen (secondary N) is 1. The predicted octanol–water partition coefficient (Wildman–Crippen LogP) is 2.42. The van der Waals surface area contributed by atoms with Crippen LogP contribution in [0.4, 0.5) is 4.79 Å². The van der Waals surface area contributed by atoms with Gasteiger partial charge in [-0.25, -0.2) is 4.79 Å². The minimum Gasteiger partial charge on any atom is -0.450 e. The van der Waals surface area contributed by atoms with Gasteiger partial charge in [-0.15, -0.1) is 0 Å². The van der Waals surface area contributed by atoms with E-state index in [1.165, 1.54) is 12.7 Å². The highest BCUT2D eigenvalue weighted by Gasteiger charge is 2.48. The second-order valence-electron chi connectivity index (χ2n) is 6.74. The van der Waals surface area contributed by atoms with Gasteiger partial charge in [-0.2, -0.15) is 0 Å². The molecule has 0 aromatic heterocycles. The Morgan fingerprint density at radius 3 is 2.76 bits per heavy atom. The average Bonchev–Trinajstić information content (AvgIpc) is 2.64. The molecule has 1 saturated carbocycles. The molecule has 2 fully saturated rings. The number of fused-ring (bicyclic) bond motifs is 1. The number of methoxy groups -OCH3 is 1. The van der Waals surface area contributed by atoms with Crippen LogP contribution in [0, 0.1) is 5.92 Å². The van der Waals surface area contributed by atoms with E-state index in [9.17, 15) is 9.90 Å². The van der Waals surface area contributed by atoms with Gasteiger partial charge in [0.1, 0.15) is 6.04 Å². The lowest BCUT2D eigenvalue weighted by Gasteiger charge is -2.48. The van der Waals surface area contributed by atoms with Gasteiger partial charge in [0.15, 0.2) is 6.29 Å². The molecule has 138 valence electrons. The summed E-state index contributed by atoms with van der Waals surface area (Å²) < 4.78 is 16.3. The zero-order chi connectivity index (χ0) is 17.8. The van der Waals surface area contributed by atoms with Crippen LogP contribution in [-0.2, 0) is 14.2 Å². The Morgan fingerprint density at radius 2 is 2.08 bits per heavy atom. The summed E-state index contributed by atoms with van der Waals surface area (Å²) in [7, 11) is 1.52. The third kappa shape index (κ3) is 3.97. The maximum Gasteiger partial charge on any atom is 0.407 e. The molecule has 6 heteroatoms. The van der Waals surface area contributed by atoms with Crippen molar-refractivity contribution in [3.05, 3.63) is 35.9 Å². The van der Waals surface area contributed by atoms with Crippen molar-refractivity contribution in [2.24, 2.45) is 5.92 Å². The standard InChI is InChI=1S/C19H27NO5/c1-3-24-19(22)20-16-17(21)14-11-13(12-7-5-4-6-8-12)9-10-15(14)25-18(16)23-2/h4-8,13-18,21H,3,9-11H2,1-2H3,(H,20,22)/t13-,14-,15+,16-,17+,18+/m1/s1. The Morgan fingerprint density at radius 1 is 1.32 bits per heavy atom. The van der Waals surface area contributed by atoms with Gasteiger partial charge in [0, 0.05) is 13.0 Å². The van der Waals surface area contributed by atoms with Crippen molar-refractivity contribution < 1.29 is 24.1 Å². The van der Waals surface area contributed by atoms with Crippen molar-refractivity contribution in [1.82, 2.24) is 5.32 Å². The molecule has 1 amide bonds. The Kier molecular flexibility index (Phi) is 5.93. The molecule has 0 spiro atoms. The molecule has 6 nitrogen and oxygen atoms in total. The summed E-state index contributed by atoms with van der Waals surface area (Å²) in [5, 5.41) is 13.6. The van der Waals surface area contributed by atoms with Crippen molar-refractivity contribution in [3.63, 3.8) is 0 Å². The fraction of sp³-hybridized carbons (Fsp3) is 0.632. The first-order chi connectivity index (χ1) is 12.1. The van der Waals surface area contributed by atoms with Gasteiger partial charge < -0.3 is 24.6 Å². The van der Waals surface area contributed by atoms with Gasteiger partial charge in [0.05, 0.1) is 18.8 Å².